The fourth-order valence-electron chi connectivity index (χ4n) is 7.84. The van der Waals surface area contributed by atoms with Gasteiger partial charge in [-0.15, -0.1) is 0 Å². The highest BCUT2D eigenvalue weighted by atomic mass is 16.6. The molecule has 0 aliphatic heterocycles. The molecular formula is C55H102O6. The van der Waals surface area contributed by atoms with E-state index in [1.54, 1.807) is 0 Å². The number of unbranched alkanes of at least 4 members (excludes halogenated alkanes) is 34. The number of carbonyl (C=O) groups excluding carboxylic acids is 3. The number of carbonyl (C=O) groups is 3. The second-order valence-corrected chi connectivity index (χ2v) is 18.1. The lowest BCUT2D eigenvalue weighted by Crippen LogP contribution is -2.30. The Balaban J connectivity index is 4.36. The summed E-state index contributed by atoms with van der Waals surface area (Å²) in [4.78, 5) is 38.0. The molecule has 0 aliphatic carbocycles. The van der Waals surface area contributed by atoms with Gasteiger partial charge in [0.15, 0.2) is 6.10 Å². The Labute approximate surface area is 379 Å². The summed E-state index contributed by atoms with van der Waals surface area (Å²) in [5.41, 5.74) is 0. The highest BCUT2D eigenvalue weighted by Crippen LogP contribution is 2.16. The fourth-order valence-corrected chi connectivity index (χ4v) is 7.84. The molecule has 0 aromatic carbocycles. The molecule has 61 heavy (non-hydrogen) atoms. The molecule has 0 rings (SSSR count). The van der Waals surface area contributed by atoms with Crippen molar-refractivity contribution in [2.45, 2.75) is 297 Å². The van der Waals surface area contributed by atoms with Crippen LogP contribution in [-0.4, -0.2) is 37.2 Å². The molecule has 0 fully saturated rings. The van der Waals surface area contributed by atoms with Crippen molar-refractivity contribution in [1.29, 1.82) is 0 Å². The molecule has 0 heterocycles. The topological polar surface area (TPSA) is 78.9 Å². The van der Waals surface area contributed by atoms with Gasteiger partial charge in [0.05, 0.1) is 0 Å². The van der Waals surface area contributed by atoms with Crippen LogP contribution in [0.3, 0.4) is 0 Å². The third-order valence-electron chi connectivity index (χ3n) is 11.9. The Hall–Kier alpha value is -2.11. The van der Waals surface area contributed by atoms with Crippen molar-refractivity contribution in [3.05, 3.63) is 24.3 Å². The van der Waals surface area contributed by atoms with Gasteiger partial charge in [-0.1, -0.05) is 225 Å². The zero-order chi connectivity index (χ0) is 44.4. The van der Waals surface area contributed by atoms with Crippen molar-refractivity contribution in [2.24, 2.45) is 0 Å². The summed E-state index contributed by atoms with van der Waals surface area (Å²) >= 11 is 0. The second-order valence-electron chi connectivity index (χ2n) is 18.1. The molecule has 0 bridgehead atoms. The van der Waals surface area contributed by atoms with E-state index in [1.165, 1.54) is 180 Å². The number of ether oxygens (including phenoxy) is 3. The normalized spacial score (nSPS) is 12.1. The van der Waals surface area contributed by atoms with Crippen molar-refractivity contribution in [1.82, 2.24) is 0 Å². The van der Waals surface area contributed by atoms with Gasteiger partial charge in [-0.05, 0) is 70.6 Å². The third kappa shape index (κ3) is 48.8. The van der Waals surface area contributed by atoms with Gasteiger partial charge in [-0.2, -0.15) is 0 Å². The van der Waals surface area contributed by atoms with Crippen LogP contribution < -0.4 is 0 Å². The Bertz CT molecular complexity index is 989. The minimum Gasteiger partial charge on any atom is -0.462 e. The maximum absolute atomic E-state index is 12.8. The minimum atomic E-state index is -0.773. The average Bonchev–Trinajstić information content (AvgIpc) is 3.26. The Morgan fingerprint density at radius 2 is 0.541 bits per heavy atom. The van der Waals surface area contributed by atoms with E-state index >= 15 is 0 Å². The lowest BCUT2D eigenvalue weighted by atomic mass is 10.0. The highest BCUT2D eigenvalue weighted by Gasteiger charge is 2.19. The van der Waals surface area contributed by atoms with Crippen molar-refractivity contribution >= 4 is 17.9 Å². The van der Waals surface area contributed by atoms with Gasteiger partial charge < -0.3 is 14.2 Å². The smallest absolute Gasteiger partial charge is 0.306 e. The Morgan fingerprint density at radius 3 is 0.836 bits per heavy atom. The fraction of sp³-hybridized carbons (Fsp3) is 0.873. The van der Waals surface area contributed by atoms with Crippen LogP contribution in [0.25, 0.3) is 0 Å². The van der Waals surface area contributed by atoms with E-state index < -0.39 is 6.10 Å². The quantitative estimate of drug-likeness (QED) is 0.0262. The molecule has 0 spiro atoms. The number of hydrogen-bond acceptors (Lipinski definition) is 6. The first-order chi connectivity index (χ1) is 30.0. The first-order valence-electron chi connectivity index (χ1n) is 26.8. The molecule has 0 aliphatic rings. The largest absolute Gasteiger partial charge is 0.462 e. The van der Waals surface area contributed by atoms with Crippen molar-refractivity contribution in [3.63, 3.8) is 0 Å². The lowest BCUT2D eigenvalue weighted by Gasteiger charge is -2.18. The average molecular weight is 859 g/mol. The molecule has 0 radical (unpaired) electrons. The van der Waals surface area contributed by atoms with E-state index in [9.17, 15) is 14.4 Å². The number of allylic oxidation sites excluding steroid dienone is 4. The first kappa shape index (κ1) is 58.9. The van der Waals surface area contributed by atoms with Crippen molar-refractivity contribution < 1.29 is 28.6 Å². The molecule has 6 nitrogen and oxygen atoms in total. The molecule has 0 aromatic heterocycles. The molecule has 0 saturated carbocycles. The van der Waals surface area contributed by atoms with E-state index in [4.69, 9.17) is 14.2 Å². The van der Waals surface area contributed by atoms with Crippen LogP contribution in [0.2, 0.25) is 0 Å². The molecule has 6 heteroatoms. The van der Waals surface area contributed by atoms with Crippen molar-refractivity contribution in [2.75, 3.05) is 13.2 Å². The summed E-state index contributed by atoms with van der Waals surface area (Å²) in [5, 5.41) is 0. The van der Waals surface area contributed by atoms with Gasteiger partial charge in [-0.3, -0.25) is 14.4 Å². The van der Waals surface area contributed by atoms with E-state index in [1.807, 2.05) is 0 Å². The number of rotatable bonds is 49. The molecule has 0 aromatic rings. The molecule has 1 atom stereocenters. The van der Waals surface area contributed by atoms with Crippen LogP contribution in [0.15, 0.2) is 24.3 Å². The van der Waals surface area contributed by atoms with Gasteiger partial charge in [0, 0.05) is 19.3 Å². The van der Waals surface area contributed by atoms with Crippen LogP contribution in [0, 0.1) is 0 Å². The lowest BCUT2D eigenvalue weighted by molar-refractivity contribution is -0.167. The minimum absolute atomic E-state index is 0.0744. The predicted molar refractivity (Wildman–Crippen MR) is 261 cm³/mol. The van der Waals surface area contributed by atoms with Crippen LogP contribution in [0.4, 0.5) is 0 Å². The molecule has 0 N–H and O–H groups in total. The standard InChI is InChI=1S/C55H102O6/c1-4-7-10-13-16-19-22-25-27-30-33-36-39-42-45-48-54(57)60-51-52(50-59-53(56)47-44-41-38-35-32-29-24-21-18-15-12-9-6-3)61-55(58)49-46-43-40-37-34-31-28-26-23-20-17-14-11-8-5-2/h21,24-25,27,52H,4-20,22-23,26,28-51H2,1-3H3/b24-21-,27-25-/t52-/m0/s1. The maximum Gasteiger partial charge on any atom is 0.306 e. The molecule has 358 valence electrons. The van der Waals surface area contributed by atoms with E-state index in [0.717, 1.165) is 70.6 Å². The van der Waals surface area contributed by atoms with Gasteiger partial charge in [0.2, 0.25) is 0 Å². The van der Waals surface area contributed by atoms with Crippen LogP contribution >= 0.6 is 0 Å². The third-order valence-corrected chi connectivity index (χ3v) is 11.9. The van der Waals surface area contributed by atoms with Crippen LogP contribution in [-0.2, 0) is 28.6 Å². The SMILES string of the molecule is CCCCCC/C=C\CCCCCCCC(=O)OC[C@@H](COC(=O)CCCCCCC/C=C\CCCCCCCC)OC(=O)CCCCCCCCCCCCCCCCC. The first-order valence-corrected chi connectivity index (χ1v) is 26.8. The molecule has 0 saturated heterocycles. The monoisotopic (exact) mass is 859 g/mol. The van der Waals surface area contributed by atoms with Gasteiger partial charge in [0.1, 0.15) is 13.2 Å². The van der Waals surface area contributed by atoms with E-state index in [0.29, 0.717) is 19.3 Å². The Morgan fingerprint density at radius 1 is 0.311 bits per heavy atom. The van der Waals surface area contributed by atoms with Crippen molar-refractivity contribution in [3.8, 4) is 0 Å². The zero-order valence-corrected chi connectivity index (χ0v) is 40.9. The molecular weight excluding hydrogens is 757 g/mol. The summed E-state index contributed by atoms with van der Waals surface area (Å²) in [6.07, 6.45) is 57.3. The van der Waals surface area contributed by atoms with Gasteiger partial charge in [0.25, 0.3) is 0 Å². The van der Waals surface area contributed by atoms with Gasteiger partial charge in [-0.25, -0.2) is 0 Å². The second kappa shape index (κ2) is 50.5. The Kier molecular flexibility index (Phi) is 48.8. The zero-order valence-electron chi connectivity index (χ0n) is 40.9. The summed E-state index contributed by atoms with van der Waals surface area (Å²) in [7, 11) is 0. The van der Waals surface area contributed by atoms with E-state index in [2.05, 4.69) is 45.1 Å². The predicted octanol–water partition coefficient (Wildman–Crippen LogP) is 17.5. The van der Waals surface area contributed by atoms with E-state index in [-0.39, 0.29) is 31.1 Å². The summed E-state index contributed by atoms with van der Waals surface area (Å²) < 4.78 is 16.8. The summed E-state index contributed by atoms with van der Waals surface area (Å²) in [5.74, 6) is -0.876. The number of hydrogen-bond donors (Lipinski definition) is 0. The van der Waals surface area contributed by atoms with Crippen LogP contribution in [0.1, 0.15) is 290 Å². The molecule has 0 unspecified atom stereocenters. The summed E-state index contributed by atoms with van der Waals surface area (Å²) in [6.45, 7) is 6.64. The highest BCUT2D eigenvalue weighted by molar-refractivity contribution is 5.71. The van der Waals surface area contributed by atoms with Crippen LogP contribution in [0.5, 0.6) is 0 Å². The van der Waals surface area contributed by atoms with Gasteiger partial charge >= 0.3 is 17.9 Å². The molecule has 0 amide bonds. The maximum atomic E-state index is 12.8. The number of esters is 3. The summed E-state index contributed by atoms with van der Waals surface area (Å²) in [6, 6.07) is 0.